The van der Waals surface area contributed by atoms with E-state index in [1.165, 1.54) is 6.07 Å². The van der Waals surface area contributed by atoms with E-state index in [1.54, 1.807) is 26.1 Å². The highest BCUT2D eigenvalue weighted by molar-refractivity contribution is 6.05. The number of carbonyl (C=O) groups is 1. The molecule has 2 heterocycles. The quantitative estimate of drug-likeness (QED) is 0.866. The lowest BCUT2D eigenvalue weighted by molar-refractivity contribution is -0.123. The predicted octanol–water partition coefficient (Wildman–Crippen LogP) is 1.52. The van der Waals surface area contributed by atoms with Crippen molar-refractivity contribution in [1.82, 2.24) is 19.9 Å². The molecule has 0 radical (unpaired) electrons. The van der Waals surface area contributed by atoms with Gasteiger partial charge in [0.15, 0.2) is 5.65 Å². The summed E-state index contributed by atoms with van der Waals surface area (Å²) in [6.45, 7) is 3.83. The lowest BCUT2D eigenvalue weighted by Gasteiger charge is -2.14. The van der Waals surface area contributed by atoms with Crippen LogP contribution >= 0.6 is 0 Å². The maximum Gasteiger partial charge on any atom is 0.405 e. The summed E-state index contributed by atoms with van der Waals surface area (Å²) in [6.07, 6.45) is -4.59. The van der Waals surface area contributed by atoms with Gasteiger partial charge in [0, 0.05) is 12.2 Å². The number of halogens is 3. The molecule has 0 bridgehead atoms. The normalized spacial score (nSPS) is 12.0. The maximum absolute atomic E-state index is 12.4. The molecule has 1 amide bonds. The van der Waals surface area contributed by atoms with Gasteiger partial charge in [0.05, 0.1) is 10.9 Å². The van der Waals surface area contributed by atoms with Crippen LogP contribution in [0.3, 0.4) is 0 Å². The Kier molecular flexibility index (Phi) is 5.00. The molecule has 0 atom stereocenters. The minimum absolute atomic E-state index is 0.0281. The molecule has 0 fully saturated rings. The van der Waals surface area contributed by atoms with Gasteiger partial charge in [0.2, 0.25) is 0 Å². The molecule has 136 valence electrons. The van der Waals surface area contributed by atoms with Gasteiger partial charge >= 0.3 is 11.9 Å². The summed E-state index contributed by atoms with van der Waals surface area (Å²) < 4.78 is 38.2. The van der Waals surface area contributed by atoms with Crippen molar-refractivity contribution >= 4 is 16.9 Å². The van der Waals surface area contributed by atoms with Crippen molar-refractivity contribution in [3.05, 3.63) is 38.2 Å². The van der Waals surface area contributed by atoms with E-state index in [1.807, 2.05) is 0 Å². The first kappa shape index (κ1) is 18.7. The minimum Gasteiger partial charge on any atom is -0.343 e. The third kappa shape index (κ3) is 3.89. The Bertz CT molecular complexity index is 928. The van der Waals surface area contributed by atoms with Crippen LogP contribution in [0.1, 0.15) is 42.7 Å². The molecule has 10 heteroatoms. The number of carbonyl (C=O) groups excluding carboxylic acids is 1. The van der Waals surface area contributed by atoms with Gasteiger partial charge in [-0.2, -0.15) is 13.2 Å². The van der Waals surface area contributed by atoms with Crippen LogP contribution in [0, 0.1) is 0 Å². The zero-order chi connectivity index (χ0) is 18.9. The van der Waals surface area contributed by atoms with Crippen molar-refractivity contribution in [1.29, 1.82) is 0 Å². The van der Waals surface area contributed by atoms with Crippen LogP contribution in [0.15, 0.2) is 15.7 Å². The lowest BCUT2D eigenvalue weighted by Crippen LogP contribution is -2.36. The molecule has 2 rings (SSSR count). The molecule has 2 aromatic heterocycles. The average molecular weight is 358 g/mol. The number of rotatable bonds is 4. The van der Waals surface area contributed by atoms with Gasteiger partial charge in [0.25, 0.3) is 11.5 Å². The van der Waals surface area contributed by atoms with Crippen molar-refractivity contribution < 1.29 is 18.0 Å². The summed E-state index contributed by atoms with van der Waals surface area (Å²) in [5.74, 6) is -1.23. The molecule has 0 aliphatic heterocycles. The third-order valence-electron chi connectivity index (χ3n) is 3.57. The molecule has 2 aromatic rings. The molecular formula is C15H17F3N4O3. The fourth-order valence-corrected chi connectivity index (χ4v) is 2.34. The van der Waals surface area contributed by atoms with Gasteiger partial charge in [0.1, 0.15) is 6.54 Å². The van der Waals surface area contributed by atoms with Crippen molar-refractivity contribution in [2.75, 3.05) is 6.54 Å². The number of amides is 1. The molecule has 0 saturated heterocycles. The number of pyridine rings is 1. The minimum atomic E-state index is -4.59. The highest BCUT2D eigenvalue weighted by Gasteiger charge is 2.29. The molecule has 25 heavy (non-hydrogen) atoms. The summed E-state index contributed by atoms with van der Waals surface area (Å²) in [4.78, 5) is 42.6. The zero-order valence-corrected chi connectivity index (χ0v) is 13.8. The highest BCUT2D eigenvalue weighted by Crippen LogP contribution is 2.20. The number of hydrogen-bond acceptors (Lipinski definition) is 4. The summed E-state index contributed by atoms with van der Waals surface area (Å²) in [7, 11) is 0. The molecule has 0 saturated carbocycles. The van der Waals surface area contributed by atoms with Gasteiger partial charge in [-0.05, 0) is 18.9 Å². The Hall–Kier alpha value is -2.65. The molecule has 7 nitrogen and oxygen atoms in total. The zero-order valence-electron chi connectivity index (χ0n) is 13.8. The summed E-state index contributed by atoms with van der Waals surface area (Å²) in [5.41, 5.74) is -1.46. The Morgan fingerprint density at radius 2 is 2.00 bits per heavy atom. The standard InChI is InChI=1S/C15H17F3N4O3/c1-4-22-11-10(13(24)21-14(22)25)8(5-9(20-11)7(2)3)12(23)19-6-15(16,17)18/h5,7H,4,6H2,1-3H3,(H,19,23)(H,21,24,25). The molecule has 0 spiro atoms. The SMILES string of the molecule is CCn1c(=O)[nH]c(=O)c2c(C(=O)NCC(F)(F)F)cc(C(C)C)nc21. The fraction of sp³-hybridized carbons (Fsp3) is 0.467. The van der Waals surface area contributed by atoms with Gasteiger partial charge in [-0.3, -0.25) is 19.1 Å². The van der Waals surface area contributed by atoms with Crippen molar-refractivity contribution in [2.24, 2.45) is 0 Å². The van der Waals surface area contributed by atoms with Crippen molar-refractivity contribution in [2.45, 2.75) is 39.4 Å². The predicted molar refractivity (Wildman–Crippen MR) is 84.8 cm³/mol. The molecule has 0 aliphatic carbocycles. The molecule has 0 unspecified atom stereocenters. The van der Waals surface area contributed by atoms with E-state index < -0.39 is 29.9 Å². The van der Waals surface area contributed by atoms with E-state index >= 15 is 0 Å². The van der Waals surface area contributed by atoms with Crippen LogP contribution in [0.25, 0.3) is 11.0 Å². The number of aryl methyl sites for hydroxylation is 1. The first-order valence-corrected chi connectivity index (χ1v) is 7.57. The van der Waals surface area contributed by atoms with Gasteiger partial charge in [-0.15, -0.1) is 0 Å². The van der Waals surface area contributed by atoms with Gasteiger partial charge in [-0.25, -0.2) is 9.78 Å². The number of aromatic nitrogens is 3. The highest BCUT2D eigenvalue weighted by atomic mass is 19.4. The summed E-state index contributed by atoms with van der Waals surface area (Å²) in [6, 6.07) is 1.28. The second-order valence-corrected chi connectivity index (χ2v) is 5.75. The number of nitrogens with zero attached hydrogens (tertiary/aromatic N) is 2. The van der Waals surface area contributed by atoms with Gasteiger partial charge in [-0.1, -0.05) is 13.8 Å². The Labute approximate surface area is 139 Å². The monoisotopic (exact) mass is 358 g/mol. The van der Waals surface area contributed by atoms with Crippen LogP contribution in [-0.4, -0.2) is 33.2 Å². The second-order valence-electron chi connectivity index (χ2n) is 5.75. The largest absolute Gasteiger partial charge is 0.405 e. The Morgan fingerprint density at radius 1 is 1.36 bits per heavy atom. The fourth-order valence-electron chi connectivity index (χ4n) is 2.34. The van der Waals surface area contributed by atoms with Crippen molar-refractivity contribution in [3.63, 3.8) is 0 Å². The smallest absolute Gasteiger partial charge is 0.343 e. The number of alkyl halides is 3. The van der Waals surface area contributed by atoms with E-state index in [2.05, 4.69) is 9.97 Å². The first-order chi connectivity index (χ1) is 11.5. The average Bonchev–Trinajstić information content (AvgIpc) is 2.50. The number of hydrogen-bond donors (Lipinski definition) is 2. The van der Waals surface area contributed by atoms with E-state index in [9.17, 15) is 27.6 Å². The van der Waals surface area contributed by atoms with Crippen LogP contribution in [-0.2, 0) is 6.54 Å². The summed E-state index contributed by atoms with van der Waals surface area (Å²) in [5, 5.41) is 1.53. The van der Waals surface area contributed by atoms with E-state index in [0.717, 1.165) is 4.57 Å². The molecular weight excluding hydrogens is 341 g/mol. The van der Waals surface area contributed by atoms with Crippen LogP contribution in [0.2, 0.25) is 0 Å². The number of nitrogens with one attached hydrogen (secondary N) is 2. The molecule has 0 aromatic carbocycles. The van der Waals surface area contributed by atoms with E-state index in [4.69, 9.17) is 0 Å². The number of fused-ring (bicyclic) bond motifs is 1. The number of aromatic amines is 1. The molecule has 0 aliphatic rings. The topological polar surface area (TPSA) is 96.9 Å². The van der Waals surface area contributed by atoms with E-state index in [-0.39, 0.29) is 29.1 Å². The molecule has 2 N–H and O–H groups in total. The third-order valence-corrected chi connectivity index (χ3v) is 3.57. The first-order valence-electron chi connectivity index (χ1n) is 7.57. The van der Waals surface area contributed by atoms with Crippen molar-refractivity contribution in [3.8, 4) is 0 Å². The van der Waals surface area contributed by atoms with Crippen LogP contribution in [0.4, 0.5) is 13.2 Å². The Morgan fingerprint density at radius 3 is 2.52 bits per heavy atom. The van der Waals surface area contributed by atoms with Crippen LogP contribution < -0.4 is 16.6 Å². The van der Waals surface area contributed by atoms with Gasteiger partial charge < -0.3 is 5.32 Å². The lowest BCUT2D eigenvalue weighted by atomic mass is 10.0. The number of H-pyrrole nitrogens is 1. The second kappa shape index (κ2) is 6.69. The van der Waals surface area contributed by atoms with E-state index in [0.29, 0.717) is 5.69 Å². The maximum atomic E-state index is 12.4. The van der Waals surface area contributed by atoms with Crippen LogP contribution in [0.5, 0.6) is 0 Å². The Balaban J connectivity index is 2.76. The summed E-state index contributed by atoms with van der Waals surface area (Å²) >= 11 is 0.